The Bertz CT molecular complexity index is 2410. The zero-order chi connectivity index (χ0) is 42.5. The van der Waals surface area contributed by atoms with Gasteiger partial charge in [0.2, 0.25) is 0 Å². The first-order valence-corrected chi connectivity index (χ1v) is 24.4. The van der Waals surface area contributed by atoms with Crippen molar-refractivity contribution in [2.75, 3.05) is 0 Å². The van der Waals surface area contributed by atoms with Crippen molar-refractivity contribution in [1.82, 2.24) is 0 Å². The fourth-order valence-electron chi connectivity index (χ4n) is 8.96. The van der Waals surface area contributed by atoms with Crippen molar-refractivity contribution in [2.45, 2.75) is 114 Å². The van der Waals surface area contributed by atoms with Crippen LogP contribution in [0.15, 0.2) is 97.1 Å². The fraction of sp³-hybridized carbons (Fsp3) is 0.345. The molecule has 0 atom stereocenters. The fourth-order valence-corrected chi connectivity index (χ4v) is 14.5. The molecule has 0 amide bonds. The molecule has 0 saturated carbocycles. The van der Waals surface area contributed by atoms with E-state index >= 15 is 0 Å². The molecule has 3 aliphatic rings. The van der Waals surface area contributed by atoms with E-state index in [1.807, 2.05) is 0 Å². The van der Waals surface area contributed by atoms with Gasteiger partial charge >= 0.3 is 0 Å². The van der Waals surface area contributed by atoms with Gasteiger partial charge in [-0.1, -0.05) is 114 Å². The molecule has 5 heteroatoms. The van der Waals surface area contributed by atoms with Crippen molar-refractivity contribution in [3.05, 3.63) is 142 Å². The molecule has 0 aliphatic carbocycles. The van der Waals surface area contributed by atoms with Gasteiger partial charge in [0.05, 0.1) is 0 Å². The summed E-state index contributed by atoms with van der Waals surface area (Å²) in [5.74, 6) is 5.81. The summed E-state index contributed by atoms with van der Waals surface area (Å²) in [6, 6.07) is 36.8. The lowest BCUT2D eigenvalue weighted by Crippen LogP contribution is -2.35. The summed E-state index contributed by atoms with van der Waals surface area (Å²) in [5, 5.41) is 7.58. The molecule has 0 spiro atoms. The summed E-state index contributed by atoms with van der Waals surface area (Å²) in [6.45, 7) is 27.8. The van der Waals surface area contributed by atoms with Crippen LogP contribution in [0.25, 0.3) is 0 Å². The first-order valence-electron chi connectivity index (χ1n) is 21.7. The monoisotopic (exact) mass is 830 g/mol. The average molecular weight is 831 g/mol. The third kappa shape index (κ3) is 7.60. The van der Waals surface area contributed by atoms with E-state index < -0.39 is 15.8 Å². The van der Waals surface area contributed by atoms with Crippen LogP contribution < -0.4 is 46.0 Å². The minimum absolute atomic E-state index is 0.206. The van der Waals surface area contributed by atoms with Crippen molar-refractivity contribution in [1.29, 1.82) is 0 Å². The van der Waals surface area contributed by atoms with E-state index in [4.69, 9.17) is 14.2 Å². The quantitative estimate of drug-likeness (QED) is 0.156. The largest absolute Gasteiger partial charge is 0.456 e. The molecular formula is C55H60O3P2. The molecule has 0 fully saturated rings. The molecule has 0 aromatic heterocycles. The molecule has 0 saturated heterocycles. The first-order chi connectivity index (χ1) is 28.3. The van der Waals surface area contributed by atoms with E-state index in [1.165, 1.54) is 76.3 Å². The van der Waals surface area contributed by atoms with Crippen LogP contribution >= 0.6 is 15.8 Å². The molecule has 3 nitrogen and oxygen atoms in total. The predicted molar refractivity (Wildman–Crippen MR) is 257 cm³/mol. The van der Waals surface area contributed by atoms with Gasteiger partial charge in [0, 0.05) is 48.4 Å². The molecule has 3 aliphatic heterocycles. The topological polar surface area (TPSA) is 27.7 Å². The Morgan fingerprint density at radius 1 is 0.417 bits per heavy atom. The zero-order valence-corrected chi connectivity index (χ0v) is 39.5. The lowest BCUT2D eigenvalue weighted by atomic mass is 9.74. The van der Waals surface area contributed by atoms with Gasteiger partial charge in [-0.25, -0.2) is 0 Å². The maximum absolute atomic E-state index is 7.81. The van der Waals surface area contributed by atoms with Crippen molar-refractivity contribution in [3.63, 3.8) is 0 Å². The van der Waals surface area contributed by atoms with Crippen LogP contribution in [0.4, 0.5) is 0 Å². The third-order valence-corrected chi connectivity index (χ3v) is 17.4. The number of aryl methyl sites for hydroxylation is 6. The first kappa shape index (κ1) is 41.0. The number of benzene rings is 6. The maximum atomic E-state index is 7.81. The highest BCUT2D eigenvalue weighted by Gasteiger charge is 2.43. The Morgan fingerprint density at radius 3 is 1.03 bits per heavy atom. The lowest BCUT2D eigenvalue weighted by Gasteiger charge is -2.40. The van der Waals surface area contributed by atoms with Crippen LogP contribution in [0.3, 0.4) is 0 Å². The minimum atomic E-state index is -1.04. The normalized spacial score (nSPS) is 15.3. The zero-order valence-electron chi connectivity index (χ0n) is 37.7. The molecular weight excluding hydrogens is 771 g/mol. The molecule has 0 radical (unpaired) electrons. The van der Waals surface area contributed by atoms with Crippen LogP contribution in [-0.4, -0.2) is 0 Å². The molecule has 3 heterocycles. The summed E-state index contributed by atoms with van der Waals surface area (Å²) in [7, 11) is -2.08. The van der Waals surface area contributed by atoms with Gasteiger partial charge in [0.1, 0.15) is 34.5 Å². The Hall–Kier alpha value is -4.42. The summed E-state index contributed by atoms with van der Waals surface area (Å²) in [6.07, 6.45) is 4.20. The van der Waals surface area contributed by atoms with E-state index in [9.17, 15) is 0 Å². The van der Waals surface area contributed by atoms with Gasteiger partial charge in [-0.2, -0.15) is 0 Å². The van der Waals surface area contributed by atoms with E-state index in [0.29, 0.717) is 0 Å². The van der Waals surface area contributed by atoms with Crippen molar-refractivity contribution in [3.8, 4) is 34.5 Å². The second-order valence-corrected chi connectivity index (χ2v) is 24.8. The van der Waals surface area contributed by atoms with E-state index in [-0.39, 0.29) is 16.2 Å². The highest BCUT2D eigenvalue weighted by atomic mass is 31.1. The summed E-state index contributed by atoms with van der Waals surface area (Å²) >= 11 is 0. The van der Waals surface area contributed by atoms with Crippen LogP contribution in [0, 0.1) is 38.5 Å². The van der Waals surface area contributed by atoms with E-state index in [2.05, 4.69) is 180 Å². The van der Waals surface area contributed by atoms with Crippen molar-refractivity contribution >= 4 is 47.7 Å². The van der Waals surface area contributed by atoms with Crippen molar-refractivity contribution in [2.24, 2.45) is 10.8 Å². The highest BCUT2D eigenvalue weighted by molar-refractivity contribution is 7.81. The Labute approximate surface area is 361 Å². The predicted octanol–water partition coefficient (Wildman–Crippen LogP) is 13.0. The number of hydrogen-bond donors (Lipinski definition) is 0. The molecule has 308 valence electrons. The second-order valence-electron chi connectivity index (χ2n) is 20.6. The average Bonchev–Trinajstić information content (AvgIpc) is 3.17. The van der Waals surface area contributed by atoms with Gasteiger partial charge in [-0.15, -0.1) is 0 Å². The maximum Gasteiger partial charge on any atom is 0.139 e. The number of hydrogen-bond acceptors (Lipinski definition) is 3. The standard InChI is InChI=1S/C55H60O3P2/c1-33-13-17-41-45(25-33)59(46-26-34(2)14-18-42(46)56-41)49-31-37(21-23-53(5,6)7)29-39-51(49)58-52-40(55(39,11)12)30-38(22-24-54(8,9)10)32-50(52)60-47-27-35(3)15-19-43(47)57-44-20-16-36(4)28-48(44)60/h13-20,25-32H,21-24H2,1-12H3. The molecule has 0 bridgehead atoms. The summed E-state index contributed by atoms with van der Waals surface area (Å²) in [5.41, 5.74) is 10.3. The van der Waals surface area contributed by atoms with Crippen LogP contribution in [0.5, 0.6) is 34.5 Å². The van der Waals surface area contributed by atoms with Crippen LogP contribution in [-0.2, 0) is 18.3 Å². The van der Waals surface area contributed by atoms with E-state index in [0.717, 1.165) is 60.2 Å². The third-order valence-electron chi connectivity index (χ3n) is 12.5. The smallest absolute Gasteiger partial charge is 0.139 e. The summed E-state index contributed by atoms with van der Waals surface area (Å²) in [4.78, 5) is 0. The Morgan fingerprint density at radius 2 is 0.733 bits per heavy atom. The minimum Gasteiger partial charge on any atom is -0.456 e. The van der Waals surface area contributed by atoms with Crippen molar-refractivity contribution < 1.29 is 14.2 Å². The Kier molecular flexibility index (Phi) is 10.2. The second kappa shape index (κ2) is 14.9. The van der Waals surface area contributed by atoms with Crippen LogP contribution in [0.1, 0.15) is 113 Å². The van der Waals surface area contributed by atoms with Gasteiger partial charge in [-0.3, -0.25) is 0 Å². The Balaban J connectivity index is 1.33. The highest BCUT2D eigenvalue weighted by Crippen LogP contribution is 2.56. The molecule has 0 N–H and O–H groups in total. The molecule has 9 rings (SSSR count). The summed E-state index contributed by atoms with van der Waals surface area (Å²) < 4.78 is 21.2. The lowest BCUT2D eigenvalue weighted by molar-refractivity contribution is 0.377. The van der Waals surface area contributed by atoms with Gasteiger partial charge in [0.15, 0.2) is 0 Å². The van der Waals surface area contributed by atoms with Gasteiger partial charge in [0.25, 0.3) is 0 Å². The molecule has 60 heavy (non-hydrogen) atoms. The molecule has 6 aromatic rings. The SMILES string of the molecule is Cc1ccc2c(c1)P(c1cc(CCC(C)(C)C)cc3c1Oc1c(P4c5cc(C)ccc5Oc5ccc(C)cc54)cc(CCC(C)(C)C)cc1C3(C)C)c1cc(C)ccc1O2. The number of ether oxygens (including phenoxy) is 3. The van der Waals surface area contributed by atoms with Crippen LogP contribution in [0.2, 0.25) is 0 Å². The number of rotatable bonds is 6. The van der Waals surface area contributed by atoms with E-state index in [1.54, 1.807) is 0 Å². The van der Waals surface area contributed by atoms with Gasteiger partial charge in [-0.05, 0) is 152 Å². The molecule has 6 aromatic carbocycles. The molecule has 0 unspecified atom stereocenters. The number of fused-ring (bicyclic) bond motifs is 6. The van der Waals surface area contributed by atoms with Gasteiger partial charge < -0.3 is 14.2 Å².